The molecule has 1 saturated heterocycles. The first-order valence-corrected chi connectivity index (χ1v) is 11.6. The third kappa shape index (κ3) is 3.42. The van der Waals surface area contributed by atoms with Crippen LogP contribution in [0, 0.1) is 6.92 Å². The van der Waals surface area contributed by atoms with Gasteiger partial charge in [0.15, 0.2) is 15.5 Å². The van der Waals surface area contributed by atoms with E-state index in [4.69, 9.17) is 9.72 Å². The maximum absolute atomic E-state index is 13.0. The molecular weight excluding hydrogens is 390 g/mol. The lowest BCUT2D eigenvalue weighted by Crippen LogP contribution is -2.14. The molecule has 1 aliphatic heterocycles. The van der Waals surface area contributed by atoms with Gasteiger partial charge in [-0.25, -0.2) is 22.9 Å². The largest absolute Gasteiger partial charge is 0.423 e. The van der Waals surface area contributed by atoms with Crippen molar-refractivity contribution in [1.82, 2.24) is 14.8 Å². The summed E-state index contributed by atoms with van der Waals surface area (Å²) in [6.45, 7) is 1.82. The summed E-state index contributed by atoms with van der Waals surface area (Å²) in [4.78, 5) is 17.8. The Balaban J connectivity index is 1.63. The zero-order chi connectivity index (χ0) is 20.2. The molecule has 1 aliphatic carbocycles. The molecule has 29 heavy (non-hydrogen) atoms. The Labute approximate surface area is 168 Å². The average Bonchev–Trinajstić information content (AvgIpc) is 3.41. The molecule has 3 aromatic rings. The minimum Gasteiger partial charge on any atom is -0.423 e. The van der Waals surface area contributed by atoms with Crippen LogP contribution in [0.2, 0.25) is 0 Å². The molecule has 7 nitrogen and oxygen atoms in total. The van der Waals surface area contributed by atoms with Crippen molar-refractivity contribution < 1.29 is 17.9 Å². The van der Waals surface area contributed by atoms with E-state index in [0.717, 1.165) is 18.5 Å². The van der Waals surface area contributed by atoms with E-state index in [1.807, 2.05) is 31.2 Å². The number of carbonyl (C=O) groups is 1. The quantitative estimate of drug-likeness (QED) is 0.484. The van der Waals surface area contributed by atoms with E-state index >= 15 is 0 Å². The number of aromatic nitrogens is 3. The first-order valence-electron chi connectivity index (χ1n) is 9.79. The fourth-order valence-electron chi connectivity index (χ4n) is 3.96. The number of ether oxygens (including phenoxy) is 1. The lowest BCUT2D eigenvalue weighted by atomic mass is 10.1. The minimum absolute atomic E-state index is 0.0579. The van der Waals surface area contributed by atoms with Crippen molar-refractivity contribution in [2.24, 2.45) is 0 Å². The van der Waals surface area contributed by atoms with Crippen LogP contribution in [0.15, 0.2) is 36.4 Å². The van der Waals surface area contributed by atoms with E-state index in [-0.39, 0.29) is 17.5 Å². The van der Waals surface area contributed by atoms with Crippen LogP contribution < -0.4 is 4.74 Å². The highest BCUT2D eigenvalue weighted by atomic mass is 32.2. The summed E-state index contributed by atoms with van der Waals surface area (Å²) in [5, 5.41) is 5.23. The summed E-state index contributed by atoms with van der Waals surface area (Å²) < 4.78 is 31.3. The van der Waals surface area contributed by atoms with Crippen LogP contribution in [0.4, 0.5) is 0 Å². The Morgan fingerprint density at radius 1 is 1.17 bits per heavy atom. The van der Waals surface area contributed by atoms with Crippen LogP contribution in [0.1, 0.15) is 53.0 Å². The number of nitrogens with zero attached hydrogens (tertiary/aromatic N) is 3. The number of rotatable bonds is 4. The number of pyridine rings is 1. The lowest BCUT2D eigenvalue weighted by molar-refractivity contribution is 0.0736. The molecule has 1 saturated carbocycles. The summed E-state index contributed by atoms with van der Waals surface area (Å²) in [6, 6.07) is 10.5. The number of sulfone groups is 1. The molecule has 3 heterocycles. The van der Waals surface area contributed by atoms with Gasteiger partial charge in [0.1, 0.15) is 5.75 Å². The summed E-state index contributed by atoms with van der Waals surface area (Å²) in [7, 11) is -3.06. The zero-order valence-corrected chi connectivity index (χ0v) is 16.9. The molecule has 2 aliphatic rings. The van der Waals surface area contributed by atoms with Crippen molar-refractivity contribution in [2.75, 3.05) is 11.5 Å². The Morgan fingerprint density at radius 2 is 1.93 bits per heavy atom. The van der Waals surface area contributed by atoms with E-state index in [1.165, 1.54) is 0 Å². The van der Waals surface area contributed by atoms with Crippen molar-refractivity contribution in [3.8, 4) is 5.75 Å². The van der Waals surface area contributed by atoms with Gasteiger partial charge in [0.25, 0.3) is 0 Å². The summed E-state index contributed by atoms with van der Waals surface area (Å²) in [5.41, 5.74) is 2.51. The smallest absolute Gasteiger partial charge is 0.344 e. The number of esters is 1. The van der Waals surface area contributed by atoms with Crippen LogP contribution in [-0.2, 0) is 9.84 Å². The first-order chi connectivity index (χ1) is 13.9. The lowest BCUT2D eigenvalue weighted by Gasteiger charge is -2.11. The predicted molar refractivity (Wildman–Crippen MR) is 108 cm³/mol. The molecule has 0 amide bonds. The fourth-order valence-corrected chi connectivity index (χ4v) is 5.65. The molecule has 0 N–H and O–H groups in total. The molecule has 1 aromatic carbocycles. The molecule has 1 atom stereocenters. The standard InChI is InChI=1S/C21H21N3O4S/c1-13-19-17(21(25)28-16-5-3-2-4-6-16)11-18(14-7-8-14)22-20(19)24(23-13)15-9-10-29(26,27)12-15/h2-6,11,14-15H,7-10,12H2,1H3/t15-/m0/s1. The van der Waals surface area contributed by atoms with Gasteiger partial charge in [-0.15, -0.1) is 0 Å². The number of benzene rings is 1. The van der Waals surface area contributed by atoms with Crippen LogP contribution in [0.5, 0.6) is 5.75 Å². The highest BCUT2D eigenvalue weighted by Crippen LogP contribution is 2.41. The van der Waals surface area contributed by atoms with E-state index in [9.17, 15) is 13.2 Å². The number of aryl methyl sites for hydroxylation is 1. The minimum atomic E-state index is -3.06. The monoisotopic (exact) mass is 411 g/mol. The number of hydrogen-bond acceptors (Lipinski definition) is 6. The number of hydrogen-bond donors (Lipinski definition) is 0. The van der Waals surface area contributed by atoms with Crippen molar-refractivity contribution in [1.29, 1.82) is 0 Å². The van der Waals surface area contributed by atoms with Gasteiger partial charge in [0, 0.05) is 11.6 Å². The molecule has 2 aromatic heterocycles. The van der Waals surface area contributed by atoms with Gasteiger partial charge < -0.3 is 4.74 Å². The Bertz CT molecular complexity index is 1210. The van der Waals surface area contributed by atoms with Crippen LogP contribution in [0.3, 0.4) is 0 Å². The third-order valence-electron chi connectivity index (χ3n) is 5.58. The molecule has 2 fully saturated rings. The normalized spacial score (nSPS) is 20.8. The van der Waals surface area contributed by atoms with Crippen molar-refractivity contribution >= 4 is 26.8 Å². The molecule has 0 bridgehead atoms. The summed E-state index contributed by atoms with van der Waals surface area (Å²) in [5.74, 6) is 0.569. The zero-order valence-electron chi connectivity index (χ0n) is 16.0. The Hall–Kier alpha value is -2.74. The number of carbonyl (C=O) groups excluding carboxylic acids is 1. The van der Waals surface area contributed by atoms with Crippen molar-refractivity contribution in [3.05, 3.63) is 53.3 Å². The highest BCUT2D eigenvalue weighted by Gasteiger charge is 2.34. The van der Waals surface area contributed by atoms with Gasteiger partial charge in [0.2, 0.25) is 0 Å². The SMILES string of the molecule is Cc1nn([C@H]2CCS(=O)(=O)C2)c2nc(C3CC3)cc(C(=O)Oc3ccccc3)c12. The molecular formula is C21H21N3O4S. The molecule has 0 unspecified atom stereocenters. The van der Waals surface area contributed by atoms with Crippen molar-refractivity contribution in [2.45, 2.75) is 38.1 Å². The maximum atomic E-state index is 13.0. The molecule has 150 valence electrons. The van der Waals surface area contributed by atoms with E-state index < -0.39 is 15.8 Å². The van der Waals surface area contributed by atoms with E-state index in [2.05, 4.69) is 5.10 Å². The Kier molecular flexibility index (Phi) is 4.20. The van der Waals surface area contributed by atoms with Gasteiger partial charge in [-0.1, -0.05) is 18.2 Å². The number of para-hydroxylation sites is 1. The summed E-state index contributed by atoms with van der Waals surface area (Å²) >= 11 is 0. The molecule has 5 rings (SSSR count). The van der Waals surface area contributed by atoms with Gasteiger partial charge in [-0.2, -0.15) is 5.10 Å². The Morgan fingerprint density at radius 3 is 2.59 bits per heavy atom. The van der Waals surface area contributed by atoms with E-state index in [0.29, 0.717) is 40.4 Å². The topological polar surface area (TPSA) is 91.1 Å². The van der Waals surface area contributed by atoms with Gasteiger partial charge in [0.05, 0.1) is 34.2 Å². The third-order valence-corrected chi connectivity index (χ3v) is 7.33. The molecule has 0 radical (unpaired) electrons. The highest BCUT2D eigenvalue weighted by molar-refractivity contribution is 7.91. The second-order valence-corrected chi connectivity index (χ2v) is 10.1. The average molecular weight is 411 g/mol. The summed E-state index contributed by atoms with van der Waals surface area (Å²) in [6.07, 6.45) is 2.59. The second kappa shape index (κ2) is 6.66. The maximum Gasteiger partial charge on any atom is 0.344 e. The first kappa shape index (κ1) is 18.3. The number of fused-ring (bicyclic) bond motifs is 1. The van der Waals surface area contributed by atoms with Gasteiger partial charge in [-0.3, -0.25) is 0 Å². The second-order valence-electron chi connectivity index (χ2n) is 7.86. The predicted octanol–water partition coefficient (Wildman–Crippen LogP) is 3.20. The van der Waals surface area contributed by atoms with Crippen LogP contribution >= 0.6 is 0 Å². The fraction of sp³-hybridized carbons (Fsp3) is 0.381. The van der Waals surface area contributed by atoms with Crippen molar-refractivity contribution in [3.63, 3.8) is 0 Å². The van der Waals surface area contributed by atoms with Crippen LogP contribution in [-0.4, -0.2) is 40.7 Å². The van der Waals surface area contributed by atoms with Gasteiger partial charge in [-0.05, 0) is 44.4 Å². The van der Waals surface area contributed by atoms with Crippen LogP contribution in [0.25, 0.3) is 11.0 Å². The molecule has 8 heteroatoms. The van der Waals surface area contributed by atoms with E-state index in [1.54, 1.807) is 16.8 Å². The molecule has 0 spiro atoms. The van der Waals surface area contributed by atoms with Gasteiger partial charge >= 0.3 is 5.97 Å².